The molecule has 3 atom stereocenters. The number of ether oxygens (including phenoxy) is 1. The molecule has 0 bridgehead atoms. The summed E-state index contributed by atoms with van der Waals surface area (Å²) in [7, 11) is 0. The standard InChI is InChI=1S/C15H21ClN2O/c1-11-13-9-17-8-12(13)10-18(11)6-7-19-15-5-3-2-4-14(15)16/h2-5,11-13,17H,6-10H2,1H3. The van der Waals surface area contributed by atoms with Gasteiger partial charge in [0.15, 0.2) is 0 Å². The number of para-hydroxylation sites is 1. The molecule has 2 saturated heterocycles. The molecule has 104 valence electrons. The van der Waals surface area contributed by atoms with Crippen molar-refractivity contribution in [3.63, 3.8) is 0 Å². The third-order valence-electron chi connectivity index (χ3n) is 4.53. The molecule has 3 nitrogen and oxygen atoms in total. The first-order valence-electron chi connectivity index (χ1n) is 7.08. The molecule has 0 amide bonds. The summed E-state index contributed by atoms with van der Waals surface area (Å²) in [5.41, 5.74) is 0. The molecule has 2 aliphatic rings. The average Bonchev–Trinajstić information content (AvgIpc) is 2.96. The van der Waals surface area contributed by atoms with E-state index in [0.717, 1.165) is 24.1 Å². The van der Waals surface area contributed by atoms with Gasteiger partial charge < -0.3 is 10.1 Å². The van der Waals surface area contributed by atoms with E-state index in [1.54, 1.807) is 0 Å². The largest absolute Gasteiger partial charge is 0.491 e. The normalized spacial score (nSPS) is 30.5. The van der Waals surface area contributed by atoms with Crippen LogP contribution < -0.4 is 10.1 Å². The van der Waals surface area contributed by atoms with E-state index in [2.05, 4.69) is 17.1 Å². The van der Waals surface area contributed by atoms with Crippen LogP contribution in [0.2, 0.25) is 5.02 Å². The molecule has 19 heavy (non-hydrogen) atoms. The number of hydrogen-bond donors (Lipinski definition) is 1. The van der Waals surface area contributed by atoms with Crippen LogP contribution in [0.3, 0.4) is 0 Å². The molecule has 2 heterocycles. The average molecular weight is 281 g/mol. The molecule has 1 aromatic carbocycles. The number of rotatable bonds is 4. The number of fused-ring (bicyclic) bond motifs is 1. The van der Waals surface area contributed by atoms with Gasteiger partial charge in [0.25, 0.3) is 0 Å². The highest BCUT2D eigenvalue weighted by atomic mass is 35.5. The highest BCUT2D eigenvalue weighted by Crippen LogP contribution is 2.32. The van der Waals surface area contributed by atoms with Crippen molar-refractivity contribution in [1.29, 1.82) is 0 Å². The molecule has 4 heteroatoms. The Morgan fingerprint density at radius 3 is 3.00 bits per heavy atom. The van der Waals surface area contributed by atoms with Gasteiger partial charge in [0.05, 0.1) is 5.02 Å². The van der Waals surface area contributed by atoms with Gasteiger partial charge in [-0.05, 0) is 44.0 Å². The highest BCUT2D eigenvalue weighted by molar-refractivity contribution is 6.32. The third-order valence-corrected chi connectivity index (χ3v) is 4.84. The second-order valence-electron chi connectivity index (χ2n) is 5.60. The molecule has 0 spiro atoms. The predicted octanol–water partition coefficient (Wildman–Crippen LogP) is 2.26. The van der Waals surface area contributed by atoms with Gasteiger partial charge in [-0.2, -0.15) is 0 Å². The van der Waals surface area contributed by atoms with Gasteiger partial charge in [0, 0.05) is 19.1 Å². The molecule has 2 fully saturated rings. The smallest absolute Gasteiger partial charge is 0.137 e. The summed E-state index contributed by atoms with van der Waals surface area (Å²) in [6, 6.07) is 8.33. The number of nitrogens with zero attached hydrogens (tertiary/aromatic N) is 1. The quantitative estimate of drug-likeness (QED) is 0.916. The van der Waals surface area contributed by atoms with Crippen molar-refractivity contribution in [2.24, 2.45) is 11.8 Å². The van der Waals surface area contributed by atoms with Crippen molar-refractivity contribution in [2.75, 3.05) is 32.8 Å². The van der Waals surface area contributed by atoms with Crippen LogP contribution in [-0.4, -0.2) is 43.7 Å². The Morgan fingerprint density at radius 1 is 1.37 bits per heavy atom. The summed E-state index contributed by atoms with van der Waals surface area (Å²) >= 11 is 6.08. The lowest BCUT2D eigenvalue weighted by atomic mass is 9.95. The van der Waals surface area contributed by atoms with E-state index in [0.29, 0.717) is 17.7 Å². The Kier molecular flexibility index (Phi) is 3.96. The number of hydrogen-bond acceptors (Lipinski definition) is 3. The maximum Gasteiger partial charge on any atom is 0.137 e. The molecular weight excluding hydrogens is 260 g/mol. The van der Waals surface area contributed by atoms with Gasteiger partial charge in [0.1, 0.15) is 12.4 Å². The zero-order valence-corrected chi connectivity index (χ0v) is 12.1. The first-order chi connectivity index (χ1) is 9.25. The van der Waals surface area contributed by atoms with Crippen LogP contribution in [-0.2, 0) is 0 Å². The molecule has 0 aromatic heterocycles. The van der Waals surface area contributed by atoms with E-state index in [9.17, 15) is 0 Å². The van der Waals surface area contributed by atoms with Gasteiger partial charge in [-0.1, -0.05) is 23.7 Å². The number of halogens is 1. The van der Waals surface area contributed by atoms with E-state index in [1.807, 2.05) is 24.3 Å². The summed E-state index contributed by atoms with van der Waals surface area (Å²) in [5.74, 6) is 2.44. The van der Waals surface area contributed by atoms with Gasteiger partial charge >= 0.3 is 0 Å². The first kappa shape index (κ1) is 13.2. The van der Waals surface area contributed by atoms with Crippen molar-refractivity contribution >= 4 is 11.6 Å². The van der Waals surface area contributed by atoms with Crippen LogP contribution in [0.25, 0.3) is 0 Å². The van der Waals surface area contributed by atoms with E-state index in [1.165, 1.54) is 19.6 Å². The van der Waals surface area contributed by atoms with Crippen molar-refractivity contribution in [3.8, 4) is 5.75 Å². The predicted molar refractivity (Wildman–Crippen MR) is 77.8 cm³/mol. The van der Waals surface area contributed by atoms with Crippen LogP contribution in [0.5, 0.6) is 5.75 Å². The Bertz CT molecular complexity index is 440. The minimum absolute atomic E-state index is 0.662. The van der Waals surface area contributed by atoms with Gasteiger partial charge in [-0.25, -0.2) is 0 Å². The Labute approximate surface area is 119 Å². The molecule has 2 aliphatic heterocycles. The van der Waals surface area contributed by atoms with Crippen LogP contribution in [0.1, 0.15) is 6.92 Å². The summed E-state index contributed by atoms with van der Waals surface area (Å²) in [6.45, 7) is 7.59. The van der Waals surface area contributed by atoms with Crippen molar-refractivity contribution in [1.82, 2.24) is 10.2 Å². The highest BCUT2D eigenvalue weighted by Gasteiger charge is 2.41. The molecule has 0 radical (unpaired) electrons. The second-order valence-corrected chi connectivity index (χ2v) is 6.00. The van der Waals surface area contributed by atoms with Crippen molar-refractivity contribution < 1.29 is 4.74 Å². The SMILES string of the molecule is CC1C2CNCC2CN1CCOc1ccccc1Cl. The van der Waals surface area contributed by atoms with Gasteiger partial charge in [-0.3, -0.25) is 4.90 Å². The molecule has 0 saturated carbocycles. The molecular formula is C15H21ClN2O. The van der Waals surface area contributed by atoms with E-state index in [-0.39, 0.29) is 0 Å². The second kappa shape index (κ2) is 5.70. The fourth-order valence-electron chi connectivity index (χ4n) is 3.39. The molecule has 1 N–H and O–H groups in total. The maximum absolute atomic E-state index is 6.08. The third kappa shape index (κ3) is 2.73. The number of nitrogens with one attached hydrogen (secondary N) is 1. The minimum atomic E-state index is 0.662. The van der Waals surface area contributed by atoms with Gasteiger partial charge in [0.2, 0.25) is 0 Å². The number of likely N-dealkylation sites (tertiary alicyclic amines) is 1. The monoisotopic (exact) mass is 280 g/mol. The fraction of sp³-hybridized carbons (Fsp3) is 0.600. The lowest BCUT2D eigenvalue weighted by Crippen LogP contribution is -2.36. The van der Waals surface area contributed by atoms with Crippen LogP contribution in [0.15, 0.2) is 24.3 Å². The van der Waals surface area contributed by atoms with E-state index >= 15 is 0 Å². The van der Waals surface area contributed by atoms with Gasteiger partial charge in [-0.15, -0.1) is 0 Å². The maximum atomic E-state index is 6.08. The van der Waals surface area contributed by atoms with Crippen molar-refractivity contribution in [3.05, 3.63) is 29.3 Å². The Hall–Kier alpha value is -0.770. The summed E-state index contributed by atoms with van der Waals surface area (Å²) in [5, 5.41) is 4.18. The lowest BCUT2D eigenvalue weighted by molar-refractivity contribution is 0.189. The zero-order valence-electron chi connectivity index (χ0n) is 11.3. The first-order valence-corrected chi connectivity index (χ1v) is 7.45. The van der Waals surface area contributed by atoms with E-state index < -0.39 is 0 Å². The summed E-state index contributed by atoms with van der Waals surface area (Å²) in [4.78, 5) is 2.55. The molecule has 1 aromatic rings. The van der Waals surface area contributed by atoms with Crippen LogP contribution in [0.4, 0.5) is 0 Å². The summed E-state index contributed by atoms with van der Waals surface area (Å²) in [6.07, 6.45) is 0. The van der Waals surface area contributed by atoms with Crippen molar-refractivity contribution in [2.45, 2.75) is 13.0 Å². The van der Waals surface area contributed by atoms with Crippen LogP contribution in [0, 0.1) is 11.8 Å². The Balaban J connectivity index is 1.50. The fourth-order valence-corrected chi connectivity index (χ4v) is 3.58. The zero-order chi connectivity index (χ0) is 13.2. The van der Waals surface area contributed by atoms with Crippen LogP contribution >= 0.6 is 11.6 Å². The Morgan fingerprint density at radius 2 is 2.21 bits per heavy atom. The topological polar surface area (TPSA) is 24.5 Å². The number of benzene rings is 1. The molecule has 0 aliphatic carbocycles. The molecule has 3 rings (SSSR count). The van der Waals surface area contributed by atoms with E-state index in [4.69, 9.17) is 16.3 Å². The lowest BCUT2D eigenvalue weighted by Gasteiger charge is -2.24. The minimum Gasteiger partial charge on any atom is -0.491 e. The summed E-state index contributed by atoms with van der Waals surface area (Å²) < 4.78 is 5.78. The molecule has 3 unspecified atom stereocenters.